The quantitative estimate of drug-likeness (QED) is 0.269. The zero-order valence-electron chi connectivity index (χ0n) is 15.3. The van der Waals surface area contributed by atoms with E-state index in [9.17, 15) is 14.9 Å². The maximum atomic E-state index is 11.9. The average Bonchev–Trinajstić information content (AvgIpc) is 3.08. The predicted molar refractivity (Wildman–Crippen MR) is 105 cm³/mol. The van der Waals surface area contributed by atoms with E-state index in [2.05, 4.69) is 4.98 Å². The number of carbonyl (C=O) groups excluding carboxylic acids is 1. The molecule has 0 saturated heterocycles. The zero-order chi connectivity index (χ0) is 19.9. The van der Waals surface area contributed by atoms with Crippen molar-refractivity contribution in [2.45, 2.75) is 13.5 Å². The standard InChI is InChI=1S/C21H19N3O4/c1-16-22-15-20(24(26)27)23(16)13-14-28-21(25)12-9-17-7-10-19(11-8-17)18-5-3-2-4-6-18/h2-12,15H,13-14H2,1H3/b12-9+. The van der Waals surface area contributed by atoms with Crippen LogP contribution < -0.4 is 0 Å². The summed E-state index contributed by atoms with van der Waals surface area (Å²) in [6.07, 6.45) is 4.20. The van der Waals surface area contributed by atoms with Gasteiger partial charge in [-0.15, -0.1) is 0 Å². The summed E-state index contributed by atoms with van der Waals surface area (Å²) in [5.74, 6) is -0.132. The Morgan fingerprint density at radius 3 is 2.50 bits per heavy atom. The molecule has 28 heavy (non-hydrogen) atoms. The molecule has 0 spiro atoms. The predicted octanol–water partition coefficient (Wildman–Crippen LogP) is 4.02. The molecular weight excluding hydrogens is 358 g/mol. The van der Waals surface area contributed by atoms with Gasteiger partial charge in [-0.25, -0.2) is 14.3 Å². The number of hydrogen-bond donors (Lipinski definition) is 0. The van der Waals surface area contributed by atoms with Gasteiger partial charge in [0.15, 0.2) is 5.82 Å². The first-order valence-electron chi connectivity index (χ1n) is 8.71. The molecule has 1 heterocycles. The topological polar surface area (TPSA) is 87.3 Å². The van der Waals surface area contributed by atoms with Gasteiger partial charge < -0.3 is 14.9 Å². The fourth-order valence-electron chi connectivity index (χ4n) is 2.75. The first-order valence-corrected chi connectivity index (χ1v) is 8.71. The highest BCUT2D eigenvalue weighted by Gasteiger charge is 2.17. The maximum absolute atomic E-state index is 11.9. The summed E-state index contributed by atoms with van der Waals surface area (Å²) in [6, 6.07) is 17.8. The van der Waals surface area contributed by atoms with E-state index in [-0.39, 0.29) is 19.0 Å². The Kier molecular flexibility index (Phi) is 5.96. The molecule has 2 aromatic carbocycles. The number of esters is 1. The Bertz CT molecular complexity index is 992. The third kappa shape index (κ3) is 4.70. The second-order valence-corrected chi connectivity index (χ2v) is 6.06. The van der Waals surface area contributed by atoms with Gasteiger partial charge in [-0.05, 0) is 27.7 Å². The number of ether oxygens (including phenoxy) is 1. The van der Waals surface area contributed by atoms with Gasteiger partial charge in [-0.2, -0.15) is 0 Å². The lowest BCUT2D eigenvalue weighted by atomic mass is 10.0. The van der Waals surface area contributed by atoms with Crippen molar-refractivity contribution < 1.29 is 14.5 Å². The van der Waals surface area contributed by atoms with Gasteiger partial charge in [0.2, 0.25) is 0 Å². The molecule has 7 heteroatoms. The van der Waals surface area contributed by atoms with Crippen LogP contribution in [0.2, 0.25) is 0 Å². The maximum Gasteiger partial charge on any atom is 0.342 e. The number of imidazole rings is 1. The molecule has 0 bridgehead atoms. The van der Waals surface area contributed by atoms with Crippen LogP contribution in [0.3, 0.4) is 0 Å². The van der Waals surface area contributed by atoms with Crippen LogP contribution in [0.15, 0.2) is 66.9 Å². The molecule has 7 nitrogen and oxygen atoms in total. The normalized spacial score (nSPS) is 10.9. The van der Waals surface area contributed by atoms with Gasteiger partial charge >= 0.3 is 11.8 Å². The van der Waals surface area contributed by atoms with Crippen molar-refractivity contribution in [2.24, 2.45) is 0 Å². The number of nitro groups is 1. The Balaban J connectivity index is 1.53. The van der Waals surface area contributed by atoms with E-state index in [1.54, 1.807) is 13.0 Å². The summed E-state index contributed by atoms with van der Waals surface area (Å²) in [6.45, 7) is 1.86. The number of carbonyl (C=O) groups is 1. The fourth-order valence-corrected chi connectivity index (χ4v) is 2.75. The van der Waals surface area contributed by atoms with Gasteiger partial charge in [-0.3, -0.25) is 0 Å². The summed E-state index contributed by atoms with van der Waals surface area (Å²) >= 11 is 0. The van der Waals surface area contributed by atoms with Crippen LogP contribution in [-0.2, 0) is 16.1 Å². The number of aromatic nitrogens is 2. The first kappa shape index (κ1) is 19.0. The zero-order valence-corrected chi connectivity index (χ0v) is 15.3. The average molecular weight is 377 g/mol. The monoisotopic (exact) mass is 377 g/mol. The minimum atomic E-state index is -0.513. The summed E-state index contributed by atoms with van der Waals surface area (Å²) in [7, 11) is 0. The van der Waals surface area contributed by atoms with Crippen LogP contribution in [0.25, 0.3) is 17.2 Å². The van der Waals surface area contributed by atoms with E-state index in [0.717, 1.165) is 16.7 Å². The van der Waals surface area contributed by atoms with Gasteiger partial charge in [0, 0.05) is 13.0 Å². The number of nitrogens with zero attached hydrogens (tertiary/aromatic N) is 3. The van der Waals surface area contributed by atoms with Crippen LogP contribution >= 0.6 is 0 Å². The van der Waals surface area contributed by atoms with Gasteiger partial charge in [0.1, 0.15) is 19.3 Å². The van der Waals surface area contributed by atoms with Crippen molar-refractivity contribution in [3.05, 3.63) is 88.4 Å². The Morgan fingerprint density at radius 1 is 1.14 bits per heavy atom. The summed E-state index contributed by atoms with van der Waals surface area (Å²) in [5.41, 5.74) is 3.09. The van der Waals surface area contributed by atoms with E-state index in [0.29, 0.717) is 5.82 Å². The van der Waals surface area contributed by atoms with Crippen molar-refractivity contribution in [3.8, 4) is 11.1 Å². The van der Waals surface area contributed by atoms with Crippen molar-refractivity contribution in [2.75, 3.05) is 6.61 Å². The summed E-state index contributed by atoms with van der Waals surface area (Å²) < 4.78 is 6.52. The molecule has 0 aliphatic rings. The van der Waals surface area contributed by atoms with Gasteiger partial charge in [0.25, 0.3) is 0 Å². The van der Waals surface area contributed by atoms with Crippen LogP contribution in [-0.4, -0.2) is 27.1 Å². The highest BCUT2D eigenvalue weighted by atomic mass is 16.6. The van der Waals surface area contributed by atoms with E-state index in [1.165, 1.54) is 16.8 Å². The molecule has 0 amide bonds. The highest BCUT2D eigenvalue weighted by molar-refractivity contribution is 5.87. The second kappa shape index (κ2) is 8.77. The molecular formula is C21H19N3O4. The van der Waals surface area contributed by atoms with Crippen LogP contribution in [0.5, 0.6) is 0 Å². The smallest absolute Gasteiger partial charge is 0.342 e. The van der Waals surface area contributed by atoms with E-state index in [4.69, 9.17) is 4.74 Å². The molecule has 0 saturated carbocycles. The van der Waals surface area contributed by atoms with Crippen molar-refractivity contribution in [1.29, 1.82) is 0 Å². The molecule has 3 rings (SSSR count). The molecule has 0 unspecified atom stereocenters. The molecule has 0 radical (unpaired) electrons. The molecule has 0 aliphatic heterocycles. The Hall–Kier alpha value is -3.74. The third-order valence-corrected chi connectivity index (χ3v) is 4.21. The largest absolute Gasteiger partial charge is 0.458 e. The van der Waals surface area contributed by atoms with Gasteiger partial charge in [-0.1, -0.05) is 54.6 Å². The number of hydrogen-bond acceptors (Lipinski definition) is 5. The lowest BCUT2D eigenvalue weighted by molar-refractivity contribution is -0.392. The minimum absolute atomic E-state index is 0.0220. The fraction of sp³-hybridized carbons (Fsp3) is 0.143. The molecule has 3 aromatic rings. The molecule has 1 aromatic heterocycles. The SMILES string of the molecule is Cc1ncc([N+](=O)[O-])n1CCOC(=O)/C=C/c1ccc(-c2ccccc2)cc1. The minimum Gasteiger partial charge on any atom is -0.458 e. The van der Waals surface area contributed by atoms with Crippen LogP contribution in [0, 0.1) is 17.0 Å². The lowest BCUT2D eigenvalue weighted by Crippen LogP contribution is -2.12. The first-order chi connectivity index (χ1) is 13.5. The number of rotatable bonds is 7. The lowest BCUT2D eigenvalue weighted by Gasteiger charge is -2.04. The van der Waals surface area contributed by atoms with E-state index in [1.807, 2.05) is 54.6 Å². The summed E-state index contributed by atoms with van der Waals surface area (Å²) in [5, 5.41) is 10.9. The van der Waals surface area contributed by atoms with E-state index >= 15 is 0 Å². The molecule has 0 fully saturated rings. The highest BCUT2D eigenvalue weighted by Crippen LogP contribution is 2.19. The Labute approximate surface area is 162 Å². The third-order valence-electron chi connectivity index (χ3n) is 4.21. The number of benzene rings is 2. The molecule has 0 N–H and O–H groups in total. The van der Waals surface area contributed by atoms with Crippen molar-refractivity contribution >= 4 is 17.9 Å². The van der Waals surface area contributed by atoms with Crippen molar-refractivity contribution in [3.63, 3.8) is 0 Å². The van der Waals surface area contributed by atoms with Crippen molar-refractivity contribution in [1.82, 2.24) is 9.55 Å². The molecule has 0 aliphatic carbocycles. The second-order valence-electron chi connectivity index (χ2n) is 6.06. The van der Waals surface area contributed by atoms with E-state index < -0.39 is 10.9 Å². The number of aryl methyl sites for hydroxylation is 1. The molecule has 142 valence electrons. The summed E-state index contributed by atoms with van der Waals surface area (Å²) in [4.78, 5) is 26.2. The van der Waals surface area contributed by atoms with Gasteiger partial charge in [0.05, 0.1) is 0 Å². The van der Waals surface area contributed by atoms with Crippen LogP contribution in [0.1, 0.15) is 11.4 Å². The Morgan fingerprint density at radius 2 is 1.82 bits per heavy atom. The van der Waals surface area contributed by atoms with Crippen LogP contribution in [0.4, 0.5) is 5.82 Å². The molecule has 0 atom stereocenters.